The number of carbonyl (C=O) groups is 2. The lowest BCUT2D eigenvalue weighted by atomic mass is 10.1. The highest BCUT2D eigenvalue weighted by Gasteiger charge is 2.23. The van der Waals surface area contributed by atoms with E-state index in [9.17, 15) is 9.59 Å². The minimum absolute atomic E-state index is 0.204. The molecule has 0 atom stereocenters. The summed E-state index contributed by atoms with van der Waals surface area (Å²) in [7, 11) is 2.51. The Hall–Kier alpha value is -3.22. The van der Waals surface area contributed by atoms with Gasteiger partial charge in [-0.1, -0.05) is 108 Å². The van der Waals surface area contributed by atoms with E-state index in [1.807, 2.05) is 103 Å². The largest absolute Gasteiger partial charge is 0.329 e. The predicted molar refractivity (Wildman–Crippen MR) is 136 cm³/mol. The Kier molecular flexibility index (Phi) is 7.48. The van der Waals surface area contributed by atoms with E-state index in [0.717, 1.165) is 32.7 Å². The van der Waals surface area contributed by atoms with Crippen LogP contribution >= 0.6 is 21.6 Å². The summed E-state index contributed by atoms with van der Waals surface area (Å²) in [6.45, 7) is 0.204. The van der Waals surface area contributed by atoms with Crippen LogP contribution in [-0.4, -0.2) is 16.2 Å². The van der Waals surface area contributed by atoms with Crippen molar-refractivity contribution >= 4 is 49.3 Å². The van der Waals surface area contributed by atoms with Gasteiger partial charge in [0, 0.05) is 21.9 Å². The van der Waals surface area contributed by atoms with Crippen LogP contribution in [0.4, 0.5) is 15.3 Å². The number of carbonyl (C=O) groups excluding carboxylic acids is 2. The van der Waals surface area contributed by atoms with Crippen molar-refractivity contribution in [2.45, 2.75) is 12.3 Å². The van der Waals surface area contributed by atoms with Crippen LogP contribution in [0.3, 0.4) is 0 Å². The van der Waals surface area contributed by atoms with Gasteiger partial charge in [0.1, 0.15) is 0 Å². The zero-order valence-electron chi connectivity index (χ0n) is 17.3. The molecule has 0 unspecified atom stereocenters. The third-order valence-corrected chi connectivity index (χ3v) is 6.95. The number of hydrogen-bond donors (Lipinski definition) is 1. The summed E-state index contributed by atoms with van der Waals surface area (Å²) in [5.74, 6) is 0.682. The molecule has 4 nitrogen and oxygen atoms in total. The fraction of sp³-hybridized carbons (Fsp3) is 0.0769. The number of amides is 3. The highest BCUT2D eigenvalue weighted by molar-refractivity contribution is 8.81. The lowest BCUT2D eigenvalue weighted by molar-refractivity contribution is 0.207. The number of anilines is 1. The monoisotopic (exact) mass is 458 g/mol. The van der Waals surface area contributed by atoms with E-state index < -0.39 is 6.03 Å². The van der Waals surface area contributed by atoms with Crippen molar-refractivity contribution in [3.05, 3.63) is 114 Å². The van der Waals surface area contributed by atoms with E-state index >= 15 is 0 Å². The van der Waals surface area contributed by atoms with Gasteiger partial charge in [0.2, 0.25) is 0 Å². The smallest absolute Gasteiger partial charge is 0.307 e. The first kappa shape index (κ1) is 22.0. The summed E-state index contributed by atoms with van der Waals surface area (Å²) < 4.78 is 0. The number of fused-ring (bicyclic) bond motifs is 1. The van der Waals surface area contributed by atoms with Crippen molar-refractivity contribution in [1.29, 1.82) is 0 Å². The van der Waals surface area contributed by atoms with E-state index in [1.165, 1.54) is 15.7 Å². The second kappa shape index (κ2) is 10.9. The Labute approximate surface area is 195 Å². The van der Waals surface area contributed by atoms with Crippen LogP contribution in [0.5, 0.6) is 0 Å². The number of imide groups is 1. The third-order valence-electron chi connectivity index (χ3n) is 4.88. The second-order valence-corrected chi connectivity index (χ2v) is 9.37. The predicted octanol–water partition coefficient (Wildman–Crippen LogP) is 7.58. The molecule has 0 aliphatic heterocycles. The van der Waals surface area contributed by atoms with E-state index in [0.29, 0.717) is 11.4 Å². The lowest BCUT2D eigenvalue weighted by Crippen LogP contribution is -2.37. The molecule has 4 aromatic rings. The summed E-state index contributed by atoms with van der Waals surface area (Å²) in [5.41, 5.74) is 2.70. The van der Waals surface area contributed by atoms with Gasteiger partial charge in [-0.3, -0.25) is 4.79 Å². The minimum Gasteiger partial charge on any atom is -0.307 e. The van der Waals surface area contributed by atoms with E-state index in [2.05, 4.69) is 5.32 Å². The fourth-order valence-corrected chi connectivity index (χ4v) is 5.15. The molecule has 0 fully saturated rings. The van der Waals surface area contributed by atoms with Gasteiger partial charge in [0.25, 0.3) is 0 Å². The summed E-state index contributed by atoms with van der Waals surface area (Å²) in [4.78, 5) is 27.5. The van der Waals surface area contributed by atoms with Crippen LogP contribution in [0, 0.1) is 0 Å². The van der Waals surface area contributed by atoms with E-state index in [1.54, 1.807) is 0 Å². The van der Waals surface area contributed by atoms with Crippen molar-refractivity contribution < 1.29 is 9.59 Å². The highest BCUT2D eigenvalue weighted by Crippen LogP contribution is 2.30. The van der Waals surface area contributed by atoms with Gasteiger partial charge in [0.15, 0.2) is 0 Å². The lowest BCUT2D eigenvalue weighted by Gasteiger charge is -2.21. The Morgan fingerprint density at radius 1 is 0.719 bits per heavy atom. The fourth-order valence-electron chi connectivity index (χ4n) is 3.27. The maximum absolute atomic E-state index is 13.2. The van der Waals surface area contributed by atoms with Crippen LogP contribution in [0.1, 0.15) is 11.1 Å². The van der Waals surface area contributed by atoms with Gasteiger partial charge in [-0.25, -0.2) is 9.69 Å². The molecule has 0 aromatic heterocycles. The minimum atomic E-state index is -0.442. The van der Waals surface area contributed by atoms with Crippen molar-refractivity contribution in [3.63, 3.8) is 0 Å². The first-order chi connectivity index (χ1) is 15.7. The Balaban J connectivity index is 1.50. The average Bonchev–Trinajstić information content (AvgIpc) is 2.84. The molecule has 0 bridgehead atoms. The normalized spacial score (nSPS) is 10.6. The summed E-state index contributed by atoms with van der Waals surface area (Å²) >= 11 is 0. The van der Waals surface area contributed by atoms with Crippen molar-refractivity contribution in [2.24, 2.45) is 0 Å². The average molecular weight is 459 g/mol. The van der Waals surface area contributed by atoms with E-state index in [4.69, 9.17) is 0 Å². The van der Waals surface area contributed by atoms with Gasteiger partial charge in [0.05, 0.1) is 12.2 Å². The van der Waals surface area contributed by atoms with Gasteiger partial charge in [-0.05, 0) is 22.6 Å². The summed E-state index contributed by atoms with van der Waals surface area (Å²) in [5, 5.41) is 4.60. The maximum atomic E-state index is 13.2. The first-order valence-electron chi connectivity index (χ1n) is 10.2. The van der Waals surface area contributed by atoms with Crippen LogP contribution < -0.4 is 5.32 Å². The van der Waals surface area contributed by atoms with Crippen LogP contribution in [0.2, 0.25) is 0 Å². The van der Waals surface area contributed by atoms with Gasteiger partial charge < -0.3 is 5.32 Å². The zero-order chi connectivity index (χ0) is 22.2. The molecule has 0 radical (unpaired) electrons. The molecule has 0 saturated carbocycles. The Morgan fingerprint density at radius 2 is 1.34 bits per heavy atom. The molecule has 6 heteroatoms. The van der Waals surface area contributed by atoms with Crippen molar-refractivity contribution in [1.82, 2.24) is 4.90 Å². The topological polar surface area (TPSA) is 49.4 Å². The molecular weight excluding hydrogens is 436 g/mol. The van der Waals surface area contributed by atoms with Gasteiger partial charge in [-0.2, -0.15) is 0 Å². The number of urea groups is 1. The van der Waals surface area contributed by atoms with Gasteiger partial charge >= 0.3 is 11.3 Å². The Bertz CT molecular complexity index is 1190. The molecule has 0 spiro atoms. The van der Waals surface area contributed by atoms with Crippen LogP contribution in [0.15, 0.2) is 103 Å². The molecule has 0 heterocycles. The molecular formula is C26H22N2O2S2. The molecule has 4 rings (SSSR count). The maximum Gasteiger partial charge on any atom is 0.329 e. The molecule has 4 aromatic carbocycles. The highest BCUT2D eigenvalue weighted by atomic mass is 33.1. The first-order valence-corrected chi connectivity index (χ1v) is 12.5. The quantitative estimate of drug-likeness (QED) is 0.303. The number of nitrogens with one attached hydrogen (secondary N) is 1. The number of hydrogen-bond acceptors (Lipinski definition) is 4. The summed E-state index contributed by atoms with van der Waals surface area (Å²) in [6, 6.07) is 32.6. The molecule has 0 aliphatic carbocycles. The van der Waals surface area contributed by atoms with Crippen LogP contribution in [-0.2, 0) is 12.3 Å². The SMILES string of the molecule is O=C(Nc1cccc2ccccc12)N(Cc1ccccc1)C(=O)SSCc1ccccc1. The zero-order valence-corrected chi connectivity index (χ0v) is 18.9. The standard InChI is InChI=1S/C26H22N2O2S2/c29-25(27-24-17-9-15-22-14-7-8-16-23(22)24)28(18-20-10-3-1-4-11-20)26(30)32-31-19-21-12-5-2-6-13-21/h1-17H,18-19H2,(H,27,29). The second-order valence-electron chi connectivity index (χ2n) is 7.13. The molecule has 0 saturated heterocycles. The number of rotatable bonds is 6. The van der Waals surface area contributed by atoms with E-state index in [-0.39, 0.29) is 11.8 Å². The van der Waals surface area contributed by atoms with Crippen molar-refractivity contribution in [3.8, 4) is 0 Å². The number of benzene rings is 4. The summed E-state index contributed by atoms with van der Waals surface area (Å²) in [6.07, 6.45) is 0. The molecule has 160 valence electrons. The van der Waals surface area contributed by atoms with Gasteiger partial charge in [-0.15, -0.1) is 0 Å². The molecule has 1 N–H and O–H groups in total. The molecule has 3 amide bonds. The third kappa shape index (κ3) is 5.72. The van der Waals surface area contributed by atoms with Crippen molar-refractivity contribution in [2.75, 3.05) is 5.32 Å². The van der Waals surface area contributed by atoms with Crippen LogP contribution in [0.25, 0.3) is 10.8 Å². The molecule has 32 heavy (non-hydrogen) atoms. The Morgan fingerprint density at radius 3 is 2.09 bits per heavy atom. The number of nitrogens with zero attached hydrogens (tertiary/aromatic N) is 1. The molecule has 0 aliphatic rings.